The number of thiazole rings is 1. The Bertz CT molecular complexity index is 794. The second-order valence-corrected chi connectivity index (χ2v) is 8.31. The second kappa shape index (κ2) is 7.00. The molecule has 1 aliphatic carbocycles. The van der Waals surface area contributed by atoms with Crippen LogP contribution in [0.25, 0.3) is 11.3 Å². The van der Waals surface area contributed by atoms with Gasteiger partial charge < -0.3 is 15.4 Å². The van der Waals surface area contributed by atoms with Gasteiger partial charge in [0, 0.05) is 16.4 Å². The van der Waals surface area contributed by atoms with Gasteiger partial charge in [0.2, 0.25) is 5.91 Å². The van der Waals surface area contributed by atoms with E-state index in [1.54, 1.807) is 18.4 Å². The molecule has 4 rings (SSSR count). The lowest BCUT2D eigenvalue weighted by Crippen LogP contribution is -2.31. The number of hydrogen-bond acceptors (Lipinski definition) is 5. The molecule has 2 fully saturated rings. The Morgan fingerprint density at radius 1 is 1.35 bits per heavy atom. The molecular formula is C20H25N3O2S. The van der Waals surface area contributed by atoms with Gasteiger partial charge in [0.1, 0.15) is 5.75 Å². The van der Waals surface area contributed by atoms with Crippen molar-refractivity contribution >= 4 is 22.4 Å². The number of anilines is 1. The molecule has 2 aliphatic rings. The van der Waals surface area contributed by atoms with Crippen molar-refractivity contribution in [1.82, 2.24) is 10.3 Å². The molecule has 0 radical (unpaired) electrons. The molecular weight excluding hydrogens is 346 g/mol. The monoisotopic (exact) mass is 371 g/mol. The molecule has 0 bridgehead atoms. The van der Waals surface area contributed by atoms with E-state index in [-0.39, 0.29) is 17.2 Å². The summed E-state index contributed by atoms with van der Waals surface area (Å²) in [5.74, 6) is 1.13. The number of carbonyl (C=O) groups excluding carboxylic acids is 1. The topological polar surface area (TPSA) is 63.2 Å². The third kappa shape index (κ3) is 3.23. The first-order chi connectivity index (χ1) is 12.6. The lowest BCUT2D eigenvalue weighted by molar-refractivity contribution is -0.118. The van der Waals surface area contributed by atoms with Gasteiger partial charge in [-0.2, -0.15) is 0 Å². The van der Waals surface area contributed by atoms with Gasteiger partial charge in [-0.15, -0.1) is 11.3 Å². The third-order valence-electron chi connectivity index (χ3n) is 5.72. The number of hydrogen-bond donors (Lipinski definition) is 2. The highest BCUT2D eigenvalue weighted by molar-refractivity contribution is 7.16. The van der Waals surface area contributed by atoms with E-state index in [4.69, 9.17) is 9.72 Å². The van der Waals surface area contributed by atoms with E-state index < -0.39 is 0 Å². The second-order valence-electron chi connectivity index (χ2n) is 7.23. The summed E-state index contributed by atoms with van der Waals surface area (Å²) in [5, 5.41) is 7.19. The lowest BCUT2D eigenvalue weighted by Gasteiger charge is -2.22. The summed E-state index contributed by atoms with van der Waals surface area (Å²) in [6.07, 6.45) is 4.15. The van der Waals surface area contributed by atoms with E-state index in [1.165, 1.54) is 4.88 Å². The summed E-state index contributed by atoms with van der Waals surface area (Å²) in [6.45, 7) is 4.18. The number of carbonyl (C=O) groups is 1. The zero-order valence-corrected chi connectivity index (χ0v) is 16.1. The number of benzene rings is 1. The number of piperidine rings is 1. The molecule has 1 saturated heterocycles. The number of amides is 1. The van der Waals surface area contributed by atoms with E-state index in [2.05, 4.69) is 17.6 Å². The number of nitrogens with zero attached hydrogens (tertiary/aromatic N) is 1. The number of ether oxygens (including phenoxy) is 1. The molecule has 6 heteroatoms. The minimum absolute atomic E-state index is 0.143. The van der Waals surface area contributed by atoms with E-state index in [1.807, 2.05) is 24.3 Å². The predicted molar refractivity (Wildman–Crippen MR) is 105 cm³/mol. The number of methoxy groups -OCH3 is 1. The predicted octanol–water partition coefficient (Wildman–Crippen LogP) is 3.71. The molecule has 2 N–H and O–H groups in total. The molecule has 1 saturated carbocycles. The van der Waals surface area contributed by atoms with Gasteiger partial charge in [0.25, 0.3) is 0 Å². The van der Waals surface area contributed by atoms with Crippen LogP contribution in [0.1, 0.15) is 31.1 Å². The van der Waals surface area contributed by atoms with Crippen LogP contribution in [0.5, 0.6) is 5.75 Å². The molecule has 1 amide bonds. The van der Waals surface area contributed by atoms with Crippen LogP contribution in [0.15, 0.2) is 24.3 Å². The molecule has 5 nitrogen and oxygen atoms in total. The zero-order valence-electron chi connectivity index (χ0n) is 15.3. The quantitative estimate of drug-likeness (QED) is 0.841. The fraction of sp³-hybridized carbons (Fsp3) is 0.500. The van der Waals surface area contributed by atoms with Crippen LogP contribution in [0, 0.1) is 11.3 Å². The molecule has 1 aromatic heterocycles. The number of nitrogens with one attached hydrogen (secondary N) is 2. The van der Waals surface area contributed by atoms with E-state index in [0.717, 1.165) is 55.8 Å². The van der Waals surface area contributed by atoms with Crippen LogP contribution in [0.3, 0.4) is 0 Å². The van der Waals surface area contributed by atoms with Crippen LogP contribution in [0.4, 0.5) is 5.13 Å². The molecule has 1 spiro atoms. The smallest absolute Gasteiger partial charge is 0.229 e. The molecule has 2 heterocycles. The fourth-order valence-electron chi connectivity index (χ4n) is 4.01. The van der Waals surface area contributed by atoms with Crippen molar-refractivity contribution in [2.24, 2.45) is 11.3 Å². The summed E-state index contributed by atoms with van der Waals surface area (Å²) in [4.78, 5) is 18.6. The summed E-state index contributed by atoms with van der Waals surface area (Å²) < 4.78 is 5.23. The largest absolute Gasteiger partial charge is 0.497 e. The van der Waals surface area contributed by atoms with Crippen molar-refractivity contribution < 1.29 is 9.53 Å². The van der Waals surface area contributed by atoms with Crippen molar-refractivity contribution in [3.8, 4) is 17.0 Å². The Hall–Kier alpha value is -1.92. The third-order valence-corrected chi connectivity index (χ3v) is 6.83. The SMILES string of the molecule is CCc1sc(NC(=O)C2CC23CCNCC3)nc1-c1ccc(OC)cc1. The molecule has 26 heavy (non-hydrogen) atoms. The van der Waals surface area contributed by atoms with Crippen LogP contribution in [-0.4, -0.2) is 31.1 Å². The fourth-order valence-corrected chi connectivity index (χ4v) is 4.93. The Kier molecular flexibility index (Phi) is 4.71. The average molecular weight is 372 g/mol. The molecule has 1 atom stereocenters. The van der Waals surface area contributed by atoms with Crippen LogP contribution in [-0.2, 0) is 11.2 Å². The van der Waals surface area contributed by atoms with Crippen molar-refractivity contribution in [3.63, 3.8) is 0 Å². The van der Waals surface area contributed by atoms with Crippen molar-refractivity contribution in [2.75, 3.05) is 25.5 Å². The molecule has 138 valence electrons. The van der Waals surface area contributed by atoms with E-state index >= 15 is 0 Å². The van der Waals surface area contributed by atoms with Gasteiger partial charge in [0.05, 0.1) is 12.8 Å². The highest BCUT2D eigenvalue weighted by Crippen LogP contribution is 2.58. The molecule has 1 aliphatic heterocycles. The van der Waals surface area contributed by atoms with Gasteiger partial charge >= 0.3 is 0 Å². The minimum atomic E-state index is 0.143. The van der Waals surface area contributed by atoms with Gasteiger partial charge in [-0.05, 0) is 68.5 Å². The number of rotatable bonds is 5. The lowest BCUT2D eigenvalue weighted by atomic mass is 9.92. The van der Waals surface area contributed by atoms with Crippen LogP contribution >= 0.6 is 11.3 Å². The Morgan fingerprint density at radius 3 is 2.73 bits per heavy atom. The molecule has 1 aromatic carbocycles. The van der Waals surface area contributed by atoms with E-state index in [9.17, 15) is 4.79 Å². The average Bonchev–Trinajstić information content (AvgIpc) is 3.21. The zero-order chi connectivity index (χ0) is 18.1. The minimum Gasteiger partial charge on any atom is -0.497 e. The maximum atomic E-state index is 12.7. The highest BCUT2D eigenvalue weighted by atomic mass is 32.1. The van der Waals surface area contributed by atoms with Crippen molar-refractivity contribution in [3.05, 3.63) is 29.1 Å². The summed E-state index contributed by atoms with van der Waals surface area (Å²) in [6, 6.07) is 7.92. The number of aromatic nitrogens is 1. The first kappa shape index (κ1) is 17.5. The molecule has 2 aromatic rings. The summed E-state index contributed by atoms with van der Waals surface area (Å²) in [5.41, 5.74) is 2.27. The molecule has 1 unspecified atom stereocenters. The highest BCUT2D eigenvalue weighted by Gasteiger charge is 2.57. The first-order valence-electron chi connectivity index (χ1n) is 9.31. The Labute approximate surface area is 158 Å². The summed E-state index contributed by atoms with van der Waals surface area (Å²) in [7, 11) is 1.66. The maximum Gasteiger partial charge on any atom is 0.229 e. The first-order valence-corrected chi connectivity index (χ1v) is 10.1. The van der Waals surface area contributed by atoms with Crippen LogP contribution < -0.4 is 15.4 Å². The van der Waals surface area contributed by atoms with Crippen molar-refractivity contribution in [2.45, 2.75) is 32.6 Å². The van der Waals surface area contributed by atoms with Gasteiger partial charge in [-0.3, -0.25) is 4.79 Å². The Balaban J connectivity index is 1.49. The summed E-state index contributed by atoms with van der Waals surface area (Å²) >= 11 is 1.59. The van der Waals surface area contributed by atoms with E-state index in [0.29, 0.717) is 5.13 Å². The van der Waals surface area contributed by atoms with Crippen molar-refractivity contribution in [1.29, 1.82) is 0 Å². The van der Waals surface area contributed by atoms with Gasteiger partial charge in [0.15, 0.2) is 5.13 Å². The van der Waals surface area contributed by atoms with Gasteiger partial charge in [-0.25, -0.2) is 4.98 Å². The normalized spacial score (nSPS) is 20.8. The van der Waals surface area contributed by atoms with Crippen LogP contribution in [0.2, 0.25) is 0 Å². The maximum absolute atomic E-state index is 12.7. The number of aryl methyl sites for hydroxylation is 1. The Morgan fingerprint density at radius 2 is 2.08 bits per heavy atom. The van der Waals surface area contributed by atoms with Gasteiger partial charge in [-0.1, -0.05) is 6.92 Å². The standard InChI is InChI=1S/C20H25N3O2S/c1-3-16-17(13-4-6-14(25-2)7-5-13)22-19(26-16)23-18(24)15-12-20(15)8-10-21-11-9-20/h4-7,15,21H,3,8-12H2,1-2H3,(H,22,23,24).